The third-order valence-electron chi connectivity index (χ3n) is 4.30. The molecule has 2 aliphatic rings. The zero-order chi connectivity index (χ0) is 13.9. The number of hydrogen-bond donors (Lipinski definition) is 1. The van der Waals surface area contributed by atoms with Gasteiger partial charge in [0, 0.05) is 25.3 Å². The van der Waals surface area contributed by atoms with E-state index in [0.717, 1.165) is 25.5 Å². The molecule has 4 nitrogen and oxygen atoms in total. The maximum absolute atomic E-state index is 5.86. The van der Waals surface area contributed by atoms with Gasteiger partial charge in [0.05, 0.1) is 18.8 Å². The molecule has 2 heterocycles. The molecule has 110 valence electrons. The van der Waals surface area contributed by atoms with E-state index >= 15 is 0 Å². The van der Waals surface area contributed by atoms with Crippen LogP contribution in [0.25, 0.3) is 0 Å². The lowest BCUT2D eigenvalue weighted by Crippen LogP contribution is -2.49. The molecule has 2 fully saturated rings. The van der Waals surface area contributed by atoms with E-state index in [1.807, 2.05) is 6.20 Å². The summed E-state index contributed by atoms with van der Waals surface area (Å²) in [7, 11) is 0. The number of morpholine rings is 1. The quantitative estimate of drug-likeness (QED) is 0.915. The SMILES string of the molecule is CC(C)NCc1ccc(N2CCOC3CCCC32)nc1. The molecule has 3 rings (SSSR count). The Labute approximate surface area is 121 Å². The monoisotopic (exact) mass is 275 g/mol. The van der Waals surface area contributed by atoms with Gasteiger partial charge < -0.3 is 15.0 Å². The van der Waals surface area contributed by atoms with Gasteiger partial charge in [-0.05, 0) is 30.9 Å². The van der Waals surface area contributed by atoms with Crippen LogP contribution < -0.4 is 10.2 Å². The first-order chi connectivity index (χ1) is 9.74. The van der Waals surface area contributed by atoms with Crippen molar-refractivity contribution in [2.24, 2.45) is 0 Å². The van der Waals surface area contributed by atoms with E-state index in [1.54, 1.807) is 0 Å². The molecule has 1 aliphatic carbocycles. The summed E-state index contributed by atoms with van der Waals surface area (Å²) in [5.41, 5.74) is 1.25. The molecule has 2 atom stereocenters. The van der Waals surface area contributed by atoms with Crippen molar-refractivity contribution in [3.8, 4) is 0 Å². The van der Waals surface area contributed by atoms with Crippen LogP contribution in [0.15, 0.2) is 18.3 Å². The summed E-state index contributed by atoms with van der Waals surface area (Å²) in [5, 5.41) is 3.42. The van der Waals surface area contributed by atoms with Gasteiger partial charge in [0.2, 0.25) is 0 Å². The van der Waals surface area contributed by atoms with Crippen molar-refractivity contribution in [3.05, 3.63) is 23.9 Å². The highest BCUT2D eigenvalue weighted by Gasteiger charge is 2.36. The Morgan fingerprint density at radius 3 is 3.05 bits per heavy atom. The van der Waals surface area contributed by atoms with E-state index in [9.17, 15) is 0 Å². The highest BCUT2D eigenvalue weighted by atomic mass is 16.5. The first-order valence-corrected chi connectivity index (χ1v) is 7.80. The summed E-state index contributed by atoms with van der Waals surface area (Å²) in [5.74, 6) is 1.11. The molecule has 2 unspecified atom stereocenters. The predicted octanol–water partition coefficient (Wildman–Crippen LogP) is 2.34. The Balaban J connectivity index is 1.67. The highest BCUT2D eigenvalue weighted by molar-refractivity contribution is 5.42. The molecule has 1 aromatic rings. The van der Waals surface area contributed by atoms with Crippen molar-refractivity contribution in [1.29, 1.82) is 0 Å². The van der Waals surface area contributed by atoms with Gasteiger partial charge in [-0.25, -0.2) is 4.98 Å². The van der Waals surface area contributed by atoms with Crippen LogP contribution in [-0.2, 0) is 11.3 Å². The Hall–Kier alpha value is -1.13. The summed E-state index contributed by atoms with van der Waals surface area (Å²) >= 11 is 0. The Bertz CT molecular complexity index is 432. The minimum Gasteiger partial charge on any atom is -0.374 e. The summed E-state index contributed by atoms with van der Waals surface area (Å²) in [6, 6.07) is 5.40. The molecule has 1 saturated heterocycles. The topological polar surface area (TPSA) is 37.4 Å². The number of fused-ring (bicyclic) bond motifs is 1. The predicted molar refractivity (Wildman–Crippen MR) is 80.9 cm³/mol. The van der Waals surface area contributed by atoms with Gasteiger partial charge in [-0.2, -0.15) is 0 Å². The average Bonchev–Trinajstić information content (AvgIpc) is 2.94. The zero-order valence-corrected chi connectivity index (χ0v) is 12.5. The molecule has 1 saturated carbocycles. The first kappa shape index (κ1) is 13.8. The van der Waals surface area contributed by atoms with E-state index in [2.05, 4.69) is 41.2 Å². The summed E-state index contributed by atoms with van der Waals surface area (Å²) < 4.78 is 5.86. The lowest BCUT2D eigenvalue weighted by atomic mass is 10.1. The number of nitrogens with one attached hydrogen (secondary N) is 1. The molecule has 4 heteroatoms. The highest BCUT2D eigenvalue weighted by Crippen LogP contribution is 2.32. The van der Waals surface area contributed by atoms with Crippen molar-refractivity contribution in [1.82, 2.24) is 10.3 Å². The fourth-order valence-corrected chi connectivity index (χ4v) is 3.22. The van der Waals surface area contributed by atoms with Crippen LogP contribution in [0.2, 0.25) is 0 Å². The van der Waals surface area contributed by atoms with Crippen LogP contribution >= 0.6 is 0 Å². The van der Waals surface area contributed by atoms with Gasteiger partial charge in [-0.1, -0.05) is 19.9 Å². The fourth-order valence-electron chi connectivity index (χ4n) is 3.22. The Morgan fingerprint density at radius 1 is 1.40 bits per heavy atom. The lowest BCUT2D eigenvalue weighted by molar-refractivity contribution is 0.0253. The molecule has 0 bridgehead atoms. The molecule has 0 amide bonds. The van der Waals surface area contributed by atoms with Crippen LogP contribution in [0, 0.1) is 0 Å². The molecule has 0 aromatic carbocycles. The van der Waals surface area contributed by atoms with E-state index in [1.165, 1.54) is 24.8 Å². The Morgan fingerprint density at radius 2 is 2.30 bits per heavy atom. The van der Waals surface area contributed by atoms with Gasteiger partial charge in [-0.15, -0.1) is 0 Å². The van der Waals surface area contributed by atoms with Gasteiger partial charge in [0.25, 0.3) is 0 Å². The second-order valence-corrected chi connectivity index (χ2v) is 6.16. The molecule has 1 aromatic heterocycles. The van der Waals surface area contributed by atoms with Crippen LogP contribution in [0.3, 0.4) is 0 Å². The third kappa shape index (κ3) is 2.96. The standard InChI is InChI=1S/C16H25N3O/c1-12(2)17-10-13-6-7-16(18-11-13)19-8-9-20-15-5-3-4-14(15)19/h6-7,11-12,14-15,17H,3-5,8-10H2,1-2H3. The number of ether oxygens (including phenoxy) is 1. The van der Waals surface area contributed by atoms with Crippen molar-refractivity contribution in [2.45, 2.75) is 57.8 Å². The average molecular weight is 275 g/mol. The maximum atomic E-state index is 5.86. The number of pyridine rings is 1. The molecule has 1 aliphatic heterocycles. The van der Waals surface area contributed by atoms with E-state index < -0.39 is 0 Å². The second kappa shape index (κ2) is 6.10. The van der Waals surface area contributed by atoms with Crippen LogP contribution in [-0.4, -0.2) is 36.3 Å². The van der Waals surface area contributed by atoms with E-state index in [-0.39, 0.29) is 0 Å². The molecule has 20 heavy (non-hydrogen) atoms. The zero-order valence-electron chi connectivity index (χ0n) is 12.5. The fraction of sp³-hybridized carbons (Fsp3) is 0.688. The minimum absolute atomic E-state index is 0.424. The van der Waals surface area contributed by atoms with Gasteiger partial charge in [0.15, 0.2) is 0 Å². The Kier molecular flexibility index (Phi) is 4.22. The van der Waals surface area contributed by atoms with Crippen LogP contribution in [0.1, 0.15) is 38.7 Å². The lowest BCUT2D eigenvalue weighted by Gasteiger charge is -2.38. The number of nitrogens with zero attached hydrogens (tertiary/aromatic N) is 2. The maximum Gasteiger partial charge on any atom is 0.128 e. The third-order valence-corrected chi connectivity index (χ3v) is 4.30. The number of hydrogen-bond acceptors (Lipinski definition) is 4. The number of rotatable bonds is 4. The molecular formula is C16H25N3O. The largest absolute Gasteiger partial charge is 0.374 e. The summed E-state index contributed by atoms with van der Waals surface area (Å²) in [4.78, 5) is 7.12. The van der Waals surface area contributed by atoms with Crippen molar-refractivity contribution >= 4 is 5.82 Å². The van der Waals surface area contributed by atoms with Crippen molar-refractivity contribution < 1.29 is 4.74 Å². The van der Waals surface area contributed by atoms with Crippen molar-refractivity contribution in [2.75, 3.05) is 18.1 Å². The summed E-state index contributed by atoms with van der Waals surface area (Å²) in [6.07, 6.45) is 6.15. The first-order valence-electron chi connectivity index (χ1n) is 7.80. The van der Waals surface area contributed by atoms with Gasteiger partial charge in [0.1, 0.15) is 5.82 Å². The summed E-state index contributed by atoms with van der Waals surface area (Å²) in [6.45, 7) is 7.02. The van der Waals surface area contributed by atoms with Crippen molar-refractivity contribution in [3.63, 3.8) is 0 Å². The smallest absolute Gasteiger partial charge is 0.128 e. The van der Waals surface area contributed by atoms with E-state index in [0.29, 0.717) is 18.2 Å². The van der Waals surface area contributed by atoms with Crippen LogP contribution in [0.5, 0.6) is 0 Å². The number of anilines is 1. The van der Waals surface area contributed by atoms with Gasteiger partial charge in [-0.3, -0.25) is 0 Å². The van der Waals surface area contributed by atoms with E-state index in [4.69, 9.17) is 4.74 Å². The van der Waals surface area contributed by atoms with Crippen LogP contribution in [0.4, 0.5) is 5.82 Å². The second-order valence-electron chi connectivity index (χ2n) is 6.16. The molecule has 0 spiro atoms. The minimum atomic E-state index is 0.424. The molecule has 1 N–H and O–H groups in total. The normalized spacial score (nSPS) is 26.1. The molecule has 0 radical (unpaired) electrons. The molecular weight excluding hydrogens is 250 g/mol. The van der Waals surface area contributed by atoms with Gasteiger partial charge >= 0.3 is 0 Å². The number of aromatic nitrogens is 1.